The highest BCUT2D eigenvalue weighted by Crippen LogP contribution is 2.33. The highest BCUT2D eigenvalue weighted by molar-refractivity contribution is 5.95. The summed E-state index contributed by atoms with van der Waals surface area (Å²) in [6.07, 6.45) is -1.65. The Kier molecular flexibility index (Phi) is 4.97. The molecule has 1 aliphatic heterocycles. The maximum Gasteiger partial charge on any atom is 0.413 e. The Morgan fingerprint density at radius 1 is 1.04 bits per heavy atom. The normalized spacial score (nSPS) is 18.0. The van der Waals surface area contributed by atoms with Gasteiger partial charge in [-0.25, -0.2) is 4.79 Å². The fraction of sp³-hybridized carbons (Fsp3) is 0.263. The minimum absolute atomic E-state index is 0.305. The van der Waals surface area contributed by atoms with Crippen molar-refractivity contribution >= 4 is 23.4 Å². The minimum Gasteiger partial charge on any atom is -0.482 e. The van der Waals surface area contributed by atoms with Crippen molar-refractivity contribution in [2.45, 2.75) is 19.1 Å². The Hall–Kier alpha value is -3.22. The van der Waals surface area contributed by atoms with Crippen molar-refractivity contribution in [1.29, 1.82) is 0 Å². The molecule has 2 amide bonds. The third-order valence-corrected chi connectivity index (χ3v) is 4.07. The summed E-state index contributed by atoms with van der Waals surface area (Å²) in [6, 6.07) is 14.1. The molecular formula is C19H20N2O5. The van der Waals surface area contributed by atoms with Crippen LogP contribution >= 0.6 is 0 Å². The maximum absolute atomic E-state index is 12.6. The van der Waals surface area contributed by atoms with Crippen molar-refractivity contribution in [2.75, 3.05) is 24.4 Å². The lowest BCUT2D eigenvalue weighted by molar-refractivity contribution is -0.128. The number of anilines is 2. The van der Waals surface area contributed by atoms with Crippen LogP contribution < -0.4 is 19.7 Å². The van der Waals surface area contributed by atoms with Crippen LogP contribution in [0.1, 0.15) is 6.92 Å². The van der Waals surface area contributed by atoms with Crippen molar-refractivity contribution in [3.63, 3.8) is 0 Å². The first-order chi connectivity index (χ1) is 12.5. The van der Waals surface area contributed by atoms with Gasteiger partial charge in [-0.05, 0) is 43.3 Å². The van der Waals surface area contributed by atoms with E-state index in [0.29, 0.717) is 22.9 Å². The van der Waals surface area contributed by atoms with Crippen LogP contribution in [0.15, 0.2) is 48.5 Å². The van der Waals surface area contributed by atoms with Crippen LogP contribution in [-0.4, -0.2) is 38.4 Å². The summed E-state index contributed by atoms with van der Waals surface area (Å²) in [5.74, 6) is 0.862. The number of benzene rings is 2. The summed E-state index contributed by atoms with van der Waals surface area (Å²) in [4.78, 5) is 25.4. The Balaban J connectivity index is 1.67. The quantitative estimate of drug-likeness (QED) is 0.915. The van der Waals surface area contributed by atoms with Gasteiger partial charge in [-0.15, -0.1) is 0 Å². The molecular weight excluding hydrogens is 336 g/mol. The van der Waals surface area contributed by atoms with Crippen molar-refractivity contribution < 1.29 is 23.8 Å². The van der Waals surface area contributed by atoms with E-state index in [-0.39, 0.29) is 5.91 Å². The number of carbonyl (C=O) groups is 2. The summed E-state index contributed by atoms with van der Waals surface area (Å²) in [5, 5.41) is 2.80. The molecule has 0 saturated heterocycles. The molecule has 0 saturated carbocycles. The molecule has 7 nitrogen and oxygen atoms in total. The molecule has 2 atom stereocenters. The summed E-state index contributed by atoms with van der Waals surface area (Å²) >= 11 is 0. The molecule has 1 N–H and O–H groups in total. The number of methoxy groups -OCH3 is 1. The largest absolute Gasteiger partial charge is 0.482 e. The van der Waals surface area contributed by atoms with Crippen LogP contribution in [0, 0.1) is 0 Å². The molecule has 0 aliphatic carbocycles. The third kappa shape index (κ3) is 3.56. The van der Waals surface area contributed by atoms with Crippen LogP contribution in [0.3, 0.4) is 0 Å². The predicted molar refractivity (Wildman–Crippen MR) is 96.8 cm³/mol. The van der Waals surface area contributed by atoms with Gasteiger partial charge in [0.2, 0.25) is 6.10 Å². The summed E-state index contributed by atoms with van der Waals surface area (Å²) in [5.41, 5.74) is 1.24. The Morgan fingerprint density at radius 2 is 1.65 bits per heavy atom. The van der Waals surface area contributed by atoms with Gasteiger partial charge >= 0.3 is 6.09 Å². The predicted octanol–water partition coefficient (Wildman–Crippen LogP) is 3.06. The average molecular weight is 356 g/mol. The first-order valence-corrected chi connectivity index (χ1v) is 8.14. The molecule has 3 rings (SSSR count). The smallest absolute Gasteiger partial charge is 0.413 e. The van der Waals surface area contributed by atoms with Crippen LogP contribution in [-0.2, 0) is 9.53 Å². The summed E-state index contributed by atoms with van der Waals surface area (Å²) in [7, 11) is 2.92. The van der Waals surface area contributed by atoms with Crippen molar-refractivity contribution in [3.05, 3.63) is 48.5 Å². The number of nitrogens with one attached hydrogen (secondary N) is 1. The highest BCUT2D eigenvalue weighted by atomic mass is 16.6. The van der Waals surface area contributed by atoms with E-state index in [1.807, 2.05) is 12.1 Å². The summed E-state index contributed by atoms with van der Waals surface area (Å²) in [6.45, 7) is 1.79. The number of para-hydroxylation sites is 2. The number of rotatable bonds is 3. The SMILES string of the molecule is COC(=O)N(C)c1ccc(NC(=O)[C@H]2Oc3ccccc3O[C@H]2C)cc1. The second-order valence-corrected chi connectivity index (χ2v) is 5.87. The molecule has 0 spiro atoms. The zero-order valence-electron chi connectivity index (χ0n) is 14.8. The van der Waals surface area contributed by atoms with E-state index in [2.05, 4.69) is 10.1 Å². The molecule has 0 aromatic heterocycles. The molecule has 2 aromatic rings. The standard InChI is InChI=1S/C19H20N2O5/c1-12-17(26-16-7-5-4-6-15(16)25-12)18(22)20-13-8-10-14(11-9-13)21(2)19(23)24-3/h4-12,17H,1-3H3,(H,20,22)/t12-,17-/m0/s1. The van der Waals surface area contributed by atoms with Gasteiger partial charge < -0.3 is 19.5 Å². The molecule has 0 radical (unpaired) electrons. The van der Waals surface area contributed by atoms with Gasteiger partial charge in [0.1, 0.15) is 6.10 Å². The lowest BCUT2D eigenvalue weighted by atomic mass is 10.1. The Labute approximate surface area is 151 Å². The molecule has 0 unspecified atom stereocenters. The van der Waals surface area contributed by atoms with Gasteiger partial charge in [-0.3, -0.25) is 9.69 Å². The molecule has 7 heteroatoms. The topological polar surface area (TPSA) is 77.1 Å². The van der Waals surface area contributed by atoms with Crippen molar-refractivity contribution in [1.82, 2.24) is 0 Å². The third-order valence-electron chi connectivity index (χ3n) is 4.07. The number of nitrogens with zero attached hydrogens (tertiary/aromatic N) is 1. The highest BCUT2D eigenvalue weighted by Gasteiger charge is 2.34. The van der Waals surface area contributed by atoms with E-state index in [1.54, 1.807) is 50.4 Å². The van der Waals surface area contributed by atoms with Gasteiger partial charge in [0, 0.05) is 18.4 Å². The van der Waals surface area contributed by atoms with Crippen LogP contribution in [0.25, 0.3) is 0 Å². The van der Waals surface area contributed by atoms with Crippen LogP contribution in [0.5, 0.6) is 11.5 Å². The molecule has 0 bridgehead atoms. The first kappa shape index (κ1) is 17.6. The van der Waals surface area contributed by atoms with Gasteiger partial charge in [0.05, 0.1) is 7.11 Å². The zero-order chi connectivity index (χ0) is 18.7. The number of hydrogen-bond acceptors (Lipinski definition) is 5. The van der Waals surface area contributed by atoms with Gasteiger partial charge in [-0.2, -0.15) is 0 Å². The number of ether oxygens (including phenoxy) is 3. The van der Waals surface area contributed by atoms with E-state index in [1.165, 1.54) is 12.0 Å². The van der Waals surface area contributed by atoms with Gasteiger partial charge in [-0.1, -0.05) is 12.1 Å². The molecule has 1 heterocycles. The second kappa shape index (κ2) is 7.35. The number of amides is 2. The van der Waals surface area contributed by atoms with E-state index in [4.69, 9.17) is 9.47 Å². The molecule has 0 fully saturated rings. The Bertz CT molecular complexity index is 806. The molecule has 2 aromatic carbocycles. The second-order valence-electron chi connectivity index (χ2n) is 5.87. The Morgan fingerprint density at radius 3 is 2.27 bits per heavy atom. The molecule has 26 heavy (non-hydrogen) atoms. The van der Waals surface area contributed by atoms with Crippen molar-refractivity contribution in [3.8, 4) is 11.5 Å². The number of carbonyl (C=O) groups excluding carboxylic acids is 2. The monoisotopic (exact) mass is 356 g/mol. The first-order valence-electron chi connectivity index (χ1n) is 8.14. The van der Waals surface area contributed by atoms with E-state index in [0.717, 1.165) is 0 Å². The lowest BCUT2D eigenvalue weighted by Crippen LogP contribution is -2.46. The lowest BCUT2D eigenvalue weighted by Gasteiger charge is -2.31. The van der Waals surface area contributed by atoms with Crippen LogP contribution in [0.2, 0.25) is 0 Å². The average Bonchev–Trinajstić information content (AvgIpc) is 2.66. The summed E-state index contributed by atoms with van der Waals surface area (Å²) < 4.78 is 16.2. The fourth-order valence-electron chi connectivity index (χ4n) is 2.63. The molecule has 1 aliphatic rings. The number of fused-ring (bicyclic) bond motifs is 1. The van der Waals surface area contributed by atoms with Gasteiger partial charge in [0.25, 0.3) is 5.91 Å². The van der Waals surface area contributed by atoms with Crippen molar-refractivity contribution in [2.24, 2.45) is 0 Å². The van der Waals surface area contributed by atoms with Crippen LogP contribution in [0.4, 0.5) is 16.2 Å². The molecule has 136 valence electrons. The maximum atomic E-state index is 12.6. The van der Waals surface area contributed by atoms with E-state index < -0.39 is 18.3 Å². The number of hydrogen-bond donors (Lipinski definition) is 1. The zero-order valence-corrected chi connectivity index (χ0v) is 14.8. The van der Waals surface area contributed by atoms with Gasteiger partial charge in [0.15, 0.2) is 11.5 Å². The minimum atomic E-state index is -0.762. The fourth-order valence-corrected chi connectivity index (χ4v) is 2.63. The van der Waals surface area contributed by atoms with E-state index >= 15 is 0 Å². The van der Waals surface area contributed by atoms with E-state index in [9.17, 15) is 9.59 Å².